The first kappa shape index (κ1) is 28.8. The normalized spacial score (nSPS) is 19.7. The van der Waals surface area contributed by atoms with Gasteiger partial charge in [-0.3, -0.25) is 14.4 Å². The minimum absolute atomic E-state index is 0.0556. The topological polar surface area (TPSA) is 104 Å². The van der Waals surface area contributed by atoms with E-state index in [1.807, 2.05) is 36.4 Å². The molecule has 4 atom stereocenters. The number of carboxylic acid groups (broad SMARTS) is 1. The van der Waals surface area contributed by atoms with Gasteiger partial charge in [0, 0.05) is 18.8 Å². The van der Waals surface area contributed by atoms with Crippen molar-refractivity contribution < 1.29 is 24.6 Å². The molecule has 0 bridgehead atoms. The number of rotatable bonds is 17. The van der Waals surface area contributed by atoms with Gasteiger partial charge in [-0.05, 0) is 37.2 Å². The summed E-state index contributed by atoms with van der Waals surface area (Å²) in [7, 11) is 0. The van der Waals surface area contributed by atoms with Crippen LogP contribution in [0.1, 0.15) is 102 Å². The number of Topliss-reactive ketones (excluding diaryl/α,β-unsaturated/α-hetero) is 1. The monoisotopic (exact) mass is 485 g/mol. The number of amides is 1. The zero-order valence-corrected chi connectivity index (χ0v) is 21.2. The lowest BCUT2D eigenvalue weighted by molar-refractivity contribution is -0.137. The number of allylic oxidation sites excluding steroid dienone is 1. The second kappa shape index (κ2) is 16.2. The van der Waals surface area contributed by atoms with E-state index in [1.54, 1.807) is 0 Å². The number of aliphatic hydroxyl groups excluding tert-OH is 1. The van der Waals surface area contributed by atoms with Crippen LogP contribution in [-0.2, 0) is 14.4 Å². The average Bonchev–Trinajstić information content (AvgIpc) is 3.19. The van der Waals surface area contributed by atoms with Crippen LogP contribution in [0.15, 0.2) is 42.5 Å². The minimum atomic E-state index is -0.945. The van der Waals surface area contributed by atoms with Crippen molar-refractivity contribution in [3.8, 4) is 0 Å². The number of carboxylic acids is 1. The number of carbonyl (C=O) groups is 3. The average molecular weight is 486 g/mol. The highest BCUT2D eigenvalue weighted by Crippen LogP contribution is 2.34. The number of nitrogens with one attached hydrogen (secondary N) is 1. The van der Waals surface area contributed by atoms with Gasteiger partial charge in [-0.2, -0.15) is 0 Å². The van der Waals surface area contributed by atoms with Gasteiger partial charge in [-0.25, -0.2) is 0 Å². The molecule has 194 valence electrons. The first-order chi connectivity index (χ1) is 16.9. The van der Waals surface area contributed by atoms with E-state index in [9.17, 15) is 24.6 Å². The second-order valence-corrected chi connectivity index (χ2v) is 9.80. The molecule has 1 aliphatic carbocycles. The van der Waals surface area contributed by atoms with Gasteiger partial charge < -0.3 is 15.5 Å². The van der Waals surface area contributed by atoms with Crippen LogP contribution >= 0.6 is 0 Å². The van der Waals surface area contributed by atoms with Crippen LogP contribution in [0.4, 0.5) is 0 Å². The third-order valence-electron chi connectivity index (χ3n) is 6.92. The number of aliphatic hydroxyl groups is 1. The van der Waals surface area contributed by atoms with Gasteiger partial charge in [0.05, 0.1) is 18.6 Å². The van der Waals surface area contributed by atoms with E-state index >= 15 is 0 Å². The predicted octanol–water partition coefficient (Wildman–Crippen LogP) is 5.75. The van der Waals surface area contributed by atoms with Crippen LogP contribution < -0.4 is 5.32 Å². The van der Waals surface area contributed by atoms with E-state index in [0.29, 0.717) is 18.6 Å². The zero-order valence-electron chi connectivity index (χ0n) is 21.2. The molecule has 6 heteroatoms. The lowest BCUT2D eigenvalue weighted by atomic mass is 9.89. The molecule has 1 aliphatic rings. The number of hydrogen-bond donors (Lipinski definition) is 3. The summed E-state index contributed by atoms with van der Waals surface area (Å²) in [6, 6.07) is 8.66. The van der Waals surface area contributed by atoms with Crippen LogP contribution in [0.2, 0.25) is 0 Å². The fourth-order valence-electron chi connectivity index (χ4n) is 4.89. The van der Waals surface area contributed by atoms with Crippen molar-refractivity contribution in [1.82, 2.24) is 5.32 Å². The molecule has 1 fully saturated rings. The van der Waals surface area contributed by atoms with Crippen molar-refractivity contribution in [3.63, 3.8) is 0 Å². The molecular weight excluding hydrogens is 442 g/mol. The molecule has 1 aromatic rings. The van der Waals surface area contributed by atoms with Gasteiger partial charge >= 0.3 is 5.97 Å². The predicted molar refractivity (Wildman–Crippen MR) is 138 cm³/mol. The van der Waals surface area contributed by atoms with Gasteiger partial charge in [0.15, 0.2) is 0 Å². The number of benzene rings is 1. The van der Waals surface area contributed by atoms with Crippen molar-refractivity contribution in [2.75, 3.05) is 0 Å². The zero-order chi connectivity index (χ0) is 25.5. The summed E-state index contributed by atoms with van der Waals surface area (Å²) in [6.45, 7) is 2.15. The van der Waals surface area contributed by atoms with Gasteiger partial charge in [0.2, 0.25) is 5.91 Å². The van der Waals surface area contributed by atoms with E-state index in [4.69, 9.17) is 0 Å². The van der Waals surface area contributed by atoms with Crippen molar-refractivity contribution in [2.24, 2.45) is 11.8 Å². The second-order valence-electron chi connectivity index (χ2n) is 9.80. The van der Waals surface area contributed by atoms with Crippen molar-refractivity contribution in [3.05, 3.63) is 48.0 Å². The fourth-order valence-corrected chi connectivity index (χ4v) is 4.89. The van der Waals surface area contributed by atoms with Crippen LogP contribution in [0.25, 0.3) is 0 Å². The molecule has 0 saturated heterocycles. The summed E-state index contributed by atoms with van der Waals surface area (Å²) in [5.74, 6) is -0.447. The molecule has 0 aromatic heterocycles. The molecule has 0 aliphatic heterocycles. The number of hydrogen-bond acceptors (Lipinski definition) is 4. The number of carbonyl (C=O) groups excluding carboxylic acids is 2. The van der Waals surface area contributed by atoms with Crippen molar-refractivity contribution in [2.45, 2.75) is 103 Å². The number of unbranched alkanes of at least 4 members (excludes halogenated alkanes) is 5. The van der Waals surface area contributed by atoms with E-state index in [0.717, 1.165) is 69.8 Å². The Morgan fingerprint density at radius 2 is 1.83 bits per heavy atom. The van der Waals surface area contributed by atoms with E-state index in [1.165, 1.54) is 0 Å². The molecule has 0 spiro atoms. The van der Waals surface area contributed by atoms with Gasteiger partial charge in [-0.1, -0.05) is 87.9 Å². The molecule has 2 rings (SSSR count). The lowest BCUT2D eigenvalue weighted by Crippen LogP contribution is -2.29. The third-order valence-corrected chi connectivity index (χ3v) is 6.92. The Labute approximate surface area is 210 Å². The molecule has 3 N–H and O–H groups in total. The molecule has 0 radical (unpaired) electrons. The highest BCUT2D eigenvalue weighted by molar-refractivity contribution is 5.83. The minimum Gasteiger partial charge on any atom is -0.481 e. The Balaban J connectivity index is 1.67. The van der Waals surface area contributed by atoms with Gasteiger partial charge in [0.1, 0.15) is 5.78 Å². The van der Waals surface area contributed by atoms with Crippen LogP contribution in [-0.4, -0.2) is 34.0 Å². The summed E-state index contributed by atoms with van der Waals surface area (Å²) < 4.78 is 0. The summed E-state index contributed by atoms with van der Waals surface area (Å²) >= 11 is 0. The standard InChI is InChI=1S/C29H43NO5/c1-2-3-7-14-24(31)19-17-22-18-20-27(32)25(22)15-10-4-5-11-16-28(33)30-26(21-29(34)35)23-12-8-6-9-13-23/h6,8-9,12-13,17,19,22,24-26,31H,2-5,7,10-11,14-16,18,20-21H2,1H3,(H,30,33)(H,34,35)/b19-17+/t22-,24-,25+,26+/m0/s1. The fraction of sp³-hybridized carbons (Fsp3) is 0.621. The molecule has 6 nitrogen and oxygen atoms in total. The summed E-state index contributed by atoms with van der Waals surface area (Å²) in [5.41, 5.74) is 0.793. The maximum atomic E-state index is 12.4. The summed E-state index contributed by atoms with van der Waals surface area (Å²) in [4.78, 5) is 35.9. The van der Waals surface area contributed by atoms with Crippen LogP contribution in [0, 0.1) is 11.8 Å². The molecular formula is C29H43NO5. The highest BCUT2D eigenvalue weighted by atomic mass is 16.4. The van der Waals surface area contributed by atoms with E-state index < -0.39 is 18.1 Å². The van der Waals surface area contributed by atoms with Crippen molar-refractivity contribution >= 4 is 17.7 Å². The number of aliphatic carboxylic acids is 1. The quantitative estimate of drug-likeness (QED) is 0.192. The van der Waals surface area contributed by atoms with E-state index in [2.05, 4.69) is 18.3 Å². The Morgan fingerprint density at radius 1 is 1.09 bits per heavy atom. The molecule has 0 heterocycles. The summed E-state index contributed by atoms with van der Waals surface area (Å²) in [5, 5.41) is 22.2. The van der Waals surface area contributed by atoms with E-state index in [-0.39, 0.29) is 24.2 Å². The van der Waals surface area contributed by atoms with Crippen LogP contribution in [0.5, 0.6) is 0 Å². The maximum Gasteiger partial charge on any atom is 0.305 e. The highest BCUT2D eigenvalue weighted by Gasteiger charge is 2.32. The van der Waals surface area contributed by atoms with Gasteiger partial charge in [0.25, 0.3) is 0 Å². The lowest BCUT2D eigenvalue weighted by Gasteiger charge is -2.17. The molecule has 1 aromatic carbocycles. The molecule has 35 heavy (non-hydrogen) atoms. The van der Waals surface area contributed by atoms with Crippen LogP contribution in [0.3, 0.4) is 0 Å². The largest absolute Gasteiger partial charge is 0.481 e. The molecule has 0 unspecified atom stereocenters. The number of ketones is 1. The van der Waals surface area contributed by atoms with Crippen molar-refractivity contribution in [1.29, 1.82) is 0 Å². The first-order valence-corrected chi connectivity index (χ1v) is 13.4. The van der Waals surface area contributed by atoms with Gasteiger partial charge in [-0.15, -0.1) is 0 Å². The Bertz CT molecular complexity index is 807. The Kier molecular flexibility index (Phi) is 13.4. The smallest absolute Gasteiger partial charge is 0.305 e. The SMILES string of the molecule is CCCCC[C@H](O)/C=C/[C@H]1CCC(=O)[C@@H]1CCCCCCC(=O)N[C@H](CC(=O)O)c1ccccc1. The Hall–Kier alpha value is -2.47. The maximum absolute atomic E-state index is 12.4. The first-order valence-electron chi connectivity index (χ1n) is 13.4. The summed E-state index contributed by atoms with van der Waals surface area (Å²) in [6.07, 6.45) is 13.8. The molecule has 1 amide bonds. The Morgan fingerprint density at radius 3 is 2.54 bits per heavy atom. The molecule has 1 saturated carbocycles. The third kappa shape index (κ3) is 11.2.